The summed E-state index contributed by atoms with van der Waals surface area (Å²) in [4.78, 5) is 40.1. The summed E-state index contributed by atoms with van der Waals surface area (Å²) in [5, 5.41) is 2.40. The fourth-order valence-corrected chi connectivity index (χ4v) is 8.03. The number of para-hydroxylation sites is 1. The van der Waals surface area contributed by atoms with Gasteiger partial charge < -0.3 is 4.90 Å². The van der Waals surface area contributed by atoms with Crippen molar-refractivity contribution >= 4 is 22.8 Å². The van der Waals surface area contributed by atoms with E-state index in [2.05, 4.69) is 16.3 Å². The molecule has 4 fully saturated rings. The zero-order valence-corrected chi connectivity index (χ0v) is 22.3. The summed E-state index contributed by atoms with van der Waals surface area (Å²) in [6, 6.07) is 5.45. The van der Waals surface area contributed by atoms with Gasteiger partial charge in [-0.15, -0.1) is 0 Å². The molecule has 37 heavy (non-hydrogen) atoms. The van der Waals surface area contributed by atoms with E-state index in [1.54, 1.807) is 16.2 Å². The number of imidazole rings is 1. The van der Waals surface area contributed by atoms with Gasteiger partial charge in [-0.1, -0.05) is 31.4 Å². The molecule has 0 bridgehead atoms. The van der Waals surface area contributed by atoms with Crippen LogP contribution in [0.2, 0.25) is 0 Å². The van der Waals surface area contributed by atoms with Gasteiger partial charge >= 0.3 is 5.69 Å². The minimum Gasteiger partial charge on any atom is -0.303 e. The Bertz CT molecular complexity index is 1220. The number of hydrogen-bond acceptors (Lipinski definition) is 4. The van der Waals surface area contributed by atoms with Crippen molar-refractivity contribution in [3.63, 3.8) is 0 Å². The first-order chi connectivity index (χ1) is 17.9. The number of nitrogens with one attached hydrogen (secondary N) is 1. The monoisotopic (exact) mass is 506 g/mol. The Morgan fingerprint density at radius 1 is 0.973 bits per heavy atom. The maximum Gasteiger partial charge on any atom is 0.329 e. The molecule has 2 aromatic rings. The number of likely N-dealkylation sites (tertiary alicyclic amines) is 1. The number of carbonyl (C=O) groups excluding carboxylic acids is 2. The van der Waals surface area contributed by atoms with Crippen LogP contribution in [0.1, 0.15) is 88.7 Å². The smallest absolute Gasteiger partial charge is 0.303 e. The summed E-state index contributed by atoms with van der Waals surface area (Å²) in [5.74, 6) is 1.08. The Kier molecular flexibility index (Phi) is 6.76. The number of imide groups is 1. The molecule has 3 heterocycles. The molecule has 1 spiro atoms. The van der Waals surface area contributed by atoms with Crippen molar-refractivity contribution in [1.82, 2.24) is 19.4 Å². The van der Waals surface area contributed by atoms with E-state index in [9.17, 15) is 14.4 Å². The fourth-order valence-electron chi connectivity index (χ4n) is 8.03. The highest BCUT2D eigenvalue weighted by atomic mass is 16.2. The third-order valence-electron chi connectivity index (χ3n) is 10.1. The van der Waals surface area contributed by atoms with Gasteiger partial charge in [0.1, 0.15) is 6.04 Å². The highest BCUT2D eigenvalue weighted by Gasteiger charge is 2.45. The van der Waals surface area contributed by atoms with Crippen LogP contribution >= 0.6 is 0 Å². The lowest BCUT2D eigenvalue weighted by molar-refractivity contribution is -0.135. The SMILES string of the molecule is Cn1c(=O)n(C2CCC(=O)NC2=O)c2cccc(CCC3CC4(CCN(CC5CCCCC5)CC4)C3)c21. The van der Waals surface area contributed by atoms with Gasteiger partial charge in [0.25, 0.3) is 0 Å². The van der Waals surface area contributed by atoms with E-state index in [0.717, 1.165) is 35.7 Å². The molecule has 4 aliphatic rings. The van der Waals surface area contributed by atoms with Crippen LogP contribution in [-0.2, 0) is 23.1 Å². The Morgan fingerprint density at radius 3 is 2.46 bits per heavy atom. The normalized spacial score (nSPS) is 25.5. The maximum atomic E-state index is 13.2. The minimum atomic E-state index is -0.625. The lowest BCUT2D eigenvalue weighted by Gasteiger charge is -2.53. The first kappa shape index (κ1) is 24.9. The number of amides is 2. The van der Waals surface area contributed by atoms with Crippen LogP contribution in [0.15, 0.2) is 23.0 Å². The molecule has 1 aromatic heterocycles. The Labute approximate surface area is 219 Å². The fraction of sp³-hybridized carbons (Fsp3) is 0.700. The number of hydrogen-bond donors (Lipinski definition) is 1. The predicted molar refractivity (Wildman–Crippen MR) is 144 cm³/mol. The topological polar surface area (TPSA) is 76.3 Å². The second-order valence-corrected chi connectivity index (χ2v) is 12.6. The maximum absolute atomic E-state index is 13.2. The van der Waals surface area contributed by atoms with Crippen molar-refractivity contribution in [3.8, 4) is 0 Å². The number of carbonyl (C=O) groups is 2. The van der Waals surface area contributed by atoms with Gasteiger partial charge in [0, 0.05) is 20.0 Å². The number of rotatable bonds is 6. The Morgan fingerprint density at radius 2 is 1.73 bits per heavy atom. The van der Waals surface area contributed by atoms with Crippen LogP contribution in [0.25, 0.3) is 11.0 Å². The summed E-state index contributed by atoms with van der Waals surface area (Å²) in [5.41, 5.74) is 3.32. The van der Waals surface area contributed by atoms with Gasteiger partial charge in [0.05, 0.1) is 11.0 Å². The second kappa shape index (κ2) is 10.0. The van der Waals surface area contributed by atoms with E-state index in [1.807, 2.05) is 12.1 Å². The van der Waals surface area contributed by atoms with Gasteiger partial charge in [0.15, 0.2) is 0 Å². The number of nitrogens with zero attached hydrogens (tertiary/aromatic N) is 3. The number of fused-ring (bicyclic) bond motifs is 1. The molecular weight excluding hydrogens is 464 g/mol. The van der Waals surface area contributed by atoms with Crippen molar-refractivity contribution in [2.45, 2.75) is 89.5 Å². The van der Waals surface area contributed by atoms with Crippen LogP contribution in [0.3, 0.4) is 0 Å². The van der Waals surface area contributed by atoms with E-state index < -0.39 is 6.04 Å². The summed E-state index contributed by atoms with van der Waals surface area (Å²) in [6.45, 7) is 3.91. The summed E-state index contributed by atoms with van der Waals surface area (Å²) >= 11 is 0. The van der Waals surface area contributed by atoms with E-state index in [-0.39, 0.29) is 23.9 Å². The number of aromatic nitrogens is 2. The van der Waals surface area contributed by atoms with E-state index in [0.29, 0.717) is 11.8 Å². The quantitative estimate of drug-likeness (QED) is 0.592. The molecule has 2 aliphatic carbocycles. The van der Waals surface area contributed by atoms with Gasteiger partial charge in [0.2, 0.25) is 11.8 Å². The molecule has 2 saturated heterocycles. The zero-order chi connectivity index (χ0) is 25.6. The molecule has 200 valence electrons. The molecule has 2 saturated carbocycles. The van der Waals surface area contributed by atoms with Gasteiger partial charge in [-0.25, -0.2) is 4.79 Å². The standard InChI is InChI=1S/C30H42N4O3/c1-32-27-23(8-5-9-24(27)34(29(32)37)25-12-13-26(35)31-28(25)36)11-10-22-18-30(19-22)14-16-33(17-15-30)20-21-6-3-2-4-7-21/h5,8-9,21-22,25H,2-4,6-7,10-20H2,1H3,(H,31,35,36). The van der Waals surface area contributed by atoms with Crippen molar-refractivity contribution in [2.24, 2.45) is 24.3 Å². The molecule has 2 aliphatic heterocycles. The molecule has 1 atom stereocenters. The van der Waals surface area contributed by atoms with E-state index in [4.69, 9.17) is 0 Å². The average molecular weight is 507 g/mol. The molecular formula is C30H42N4O3. The van der Waals surface area contributed by atoms with Crippen LogP contribution in [0.5, 0.6) is 0 Å². The first-order valence-electron chi connectivity index (χ1n) is 14.7. The van der Waals surface area contributed by atoms with Crippen molar-refractivity contribution in [1.29, 1.82) is 0 Å². The van der Waals surface area contributed by atoms with E-state index >= 15 is 0 Å². The molecule has 7 nitrogen and oxygen atoms in total. The van der Waals surface area contributed by atoms with Gasteiger partial charge in [-0.2, -0.15) is 0 Å². The van der Waals surface area contributed by atoms with Crippen LogP contribution in [0, 0.1) is 17.3 Å². The third kappa shape index (κ3) is 4.80. The molecule has 2 amide bonds. The van der Waals surface area contributed by atoms with Crippen LogP contribution < -0.4 is 11.0 Å². The predicted octanol–water partition coefficient (Wildman–Crippen LogP) is 4.32. The second-order valence-electron chi connectivity index (χ2n) is 12.6. The first-order valence-corrected chi connectivity index (χ1v) is 14.7. The van der Waals surface area contributed by atoms with Crippen molar-refractivity contribution in [3.05, 3.63) is 34.2 Å². The summed E-state index contributed by atoms with van der Waals surface area (Å²) < 4.78 is 3.29. The average Bonchev–Trinajstić information content (AvgIpc) is 3.13. The van der Waals surface area contributed by atoms with Gasteiger partial charge in [-0.05, 0) is 99.8 Å². The summed E-state index contributed by atoms with van der Waals surface area (Å²) in [6.07, 6.45) is 15.4. The Balaban J connectivity index is 1.07. The molecule has 1 unspecified atom stereocenters. The highest BCUT2D eigenvalue weighted by Crippen LogP contribution is 2.54. The van der Waals surface area contributed by atoms with E-state index in [1.165, 1.54) is 83.0 Å². The van der Waals surface area contributed by atoms with Crippen LogP contribution in [0.4, 0.5) is 0 Å². The number of piperidine rings is 2. The lowest BCUT2D eigenvalue weighted by Crippen LogP contribution is -2.48. The van der Waals surface area contributed by atoms with Crippen molar-refractivity contribution in [2.75, 3.05) is 19.6 Å². The molecule has 6 rings (SSSR count). The zero-order valence-electron chi connectivity index (χ0n) is 22.3. The molecule has 1 aromatic carbocycles. The Hall–Kier alpha value is -2.41. The third-order valence-corrected chi connectivity index (χ3v) is 10.1. The highest BCUT2D eigenvalue weighted by molar-refractivity contribution is 6.00. The van der Waals surface area contributed by atoms with Crippen LogP contribution in [-0.4, -0.2) is 45.5 Å². The molecule has 0 radical (unpaired) electrons. The summed E-state index contributed by atoms with van der Waals surface area (Å²) in [7, 11) is 1.80. The largest absolute Gasteiger partial charge is 0.329 e. The minimum absolute atomic E-state index is 0.181. The number of aryl methyl sites for hydroxylation is 2. The molecule has 1 N–H and O–H groups in total. The lowest BCUT2D eigenvalue weighted by atomic mass is 9.56. The number of benzene rings is 1. The molecule has 7 heteroatoms. The van der Waals surface area contributed by atoms with Gasteiger partial charge in [-0.3, -0.25) is 24.0 Å². The van der Waals surface area contributed by atoms with Crippen molar-refractivity contribution < 1.29 is 9.59 Å².